The van der Waals surface area contributed by atoms with Crippen molar-refractivity contribution >= 4 is 21.7 Å². The molecule has 1 aromatic carbocycles. The van der Waals surface area contributed by atoms with E-state index in [0.29, 0.717) is 0 Å². The van der Waals surface area contributed by atoms with E-state index in [1.807, 2.05) is 6.92 Å². The van der Waals surface area contributed by atoms with E-state index in [9.17, 15) is 13.0 Å². The zero-order valence-corrected chi connectivity index (χ0v) is 29.7. The second kappa shape index (κ2) is 27.9. The summed E-state index contributed by atoms with van der Waals surface area (Å²) in [6, 6.07) is 5.78. The van der Waals surface area contributed by atoms with Gasteiger partial charge in [0.25, 0.3) is 0 Å². The summed E-state index contributed by atoms with van der Waals surface area (Å²) >= 11 is 5.95. The van der Waals surface area contributed by atoms with Crippen LogP contribution in [0.4, 0.5) is 0 Å². The summed E-state index contributed by atoms with van der Waals surface area (Å²) in [4.78, 5) is -0.178. The molecule has 0 aliphatic heterocycles. The topological polar surface area (TPSA) is 57.2 Å². The van der Waals surface area contributed by atoms with E-state index in [0.717, 1.165) is 11.4 Å². The van der Waals surface area contributed by atoms with E-state index in [4.69, 9.17) is 11.6 Å². The average molecular weight is 630 g/mol. The Balaban J connectivity index is 0.00000126. The van der Waals surface area contributed by atoms with Crippen LogP contribution in [0, 0.1) is 6.92 Å². The largest absolute Gasteiger partial charge is 0.744 e. The van der Waals surface area contributed by atoms with E-state index in [1.165, 1.54) is 178 Å². The quantitative estimate of drug-likeness (QED) is 0.0421. The first kappa shape index (κ1) is 41.4. The number of halogens is 1. The third-order valence-corrected chi connectivity index (χ3v) is 9.61. The van der Waals surface area contributed by atoms with Crippen molar-refractivity contribution in [3.63, 3.8) is 0 Å². The summed E-state index contributed by atoms with van der Waals surface area (Å²) in [7, 11) is -1.75. The summed E-state index contributed by atoms with van der Waals surface area (Å²) in [5, 5.41) is 0. The highest BCUT2D eigenvalue weighted by molar-refractivity contribution is 7.85. The van der Waals surface area contributed by atoms with Crippen molar-refractivity contribution in [1.82, 2.24) is 0 Å². The Morgan fingerprint density at radius 1 is 0.571 bits per heavy atom. The minimum absolute atomic E-state index is 0.178. The molecule has 0 saturated heterocycles. The fourth-order valence-corrected chi connectivity index (χ4v) is 6.25. The highest BCUT2D eigenvalue weighted by Crippen LogP contribution is 2.17. The van der Waals surface area contributed by atoms with Gasteiger partial charge in [0.2, 0.25) is 0 Å². The molecule has 0 atom stereocenters. The number of rotatable bonds is 27. The Kier molecular flexibility index (Phi) is 27.5. The van der Waals surface area contributed by atoms with Crippen molar-refractivity contribution in [3.05, 3.63) is 29.8 Å². The second-order valence-electron chi connectivity index (χ2n) is 12.8. The number of aryl methyl sites for hydroxylation is 1. The molecule has 0 aromatic heterocycles. The van der Waals surface area contributed by atoms with Gasteiger partial charge in [0, 0.05) is 5.88 Å². The molecule has 248 valence electrons. The maximum atomic E-state index is 10.4. The van der Waals surface area contributed by atoms with Gasteiger partial charge in [-0.2, -0.15) is 0 Å². The van der Waals surface area contributed by atoms with Crippen LogP contribution in [0.15, 0.2) is 29.2 Å². The lowest BCUT2D eigenvalue weighted by Crippen LogP contribution is -2.46. The van der Waals surface area contributed by atoms with Gasteiger partial charge in [-0.25, -0.2) is 8.42 Å². The molecule has 0 unspecified atom stereocenters. The van der Waals surface area contributed by atoms with Crippen LogP contribution in [-0.2, 0) is 10.1 Å². The molecule has 1 rings (SSSR count). The van der Waals surface area contributed by atoms with Gasteiger partial charge in [0.05, 0.1) is 31.6 Å². The first-order valence-electron chi connectivity index (χ1n) is 17.6. The number of nitrogens with zero attached hydrogens (tertiary/aromatic N) is 1. The Labute approximate surface area is 267 Å². The van der Waals surface area contributed by atoms with Crippen LogP contribution in [-0.4, -0.2) is 50.0 Å². The van der Waals surface area contributed by atoms with Crippen LogP contribution < -0.4 is 0 Å². The van der Waals surface area contributed by atoms with Gasteiger partial charge < -0.3 is 9.04 Å². The van der Waals surface area contributed by atoms with Crippen molar-refractivity contribution in [3.8, 4) is 0 Å². The van der Waals surface area contributed by atoms with Gasteiger partial charge in [0.15, 0.2) is 0 Å². The highest BCUT2D eigenvalue weighted by Gasteiger charge is 2.20. The fourth-order valence-electron chi connectivity index (χ4n) is 5.59. The Morgan fingerprint density at radius 2 is 0.881 bits per heavy atom. The van der Waals surface area contributed by atoms with E-state index >= 15 is 0 Å². The monoisotopic (exact) mass is 629 g/mol. The van der Waals surface area contributed by atoms with Gasteiger partial charge in [-0.15, -0.1) is 11.6 Å². The average Bonchev–Trinajstić information content (AvgIpc) is 2.95. The summed E-state index contributed by atoms with van der Waals surface area (Å²) in [6.45, 7) is 10.5. The Bertz CT molecular complexity index is 789. The van der Waals surface area contributed by atoms with Crippen molar-refractivity contribution in [2.45, 2.75) is 167 Å². The molecule has 42 heavy (non-hydrogen) atoms. The van der Waals surface area contributed by atoms with E-state index in [1.54, 1.807) is 12.1 Å². The Morgan fingerprint density at radius 3 is 1.19 bits per heavy atom. The van der Waals surface area contributed by atoms with E-state index in [-0.39, 0.29) is 4.90 Å². The van der Waals surface area contributed by atoms with Gasteiger partial charge in [-0.05, 0) is 57.6 Å². The predicted octanol–water partition coefficient (Wildman–Crippen LogP) is 11.2. The normalized spacial score (nSPS) is 11.9. The van der Waals surface area contributed by atoms with Crippen molar-refractivity contribution in [1.29, 1.82) is 0 Å². The minimum atomic E-state index is -4.27. The van der Waals surface area contributed by atoms with Gasteiger partial charge in [-0.1, -0.05) is 134 Å². The molecule has 0 aliphatic carbocycles. The third-order valence-electron chi connectivity index (χ3n) is 8.49. The molecule has 1 aromatic rings. The zero-order chi connectivity index (χ0) is 31.4. The molecular weight excluding hydrogens is 562 g/mol. The van der Waals surface area contributed by atoms with Crippen molar-refractivity contribution in [2.24, 2.45) is 0 Å². The lowest BCUT2D eigenvalue weighted by Gasteiger charge is -2.35. The summed E-state index contributed by atoms with van der Waals surface area (Å²) in [5.41, 5.74) is 0.928. The number of unbranched alkanes of at least 4 members (excludes halogenated alkanes) is 19. The minimum Gasteiger partial charge on any atom is -0.744 e. The third kappa shape index (κ3) is 25.8. The van der Waals surface area contributed by atoms with Crippen LogP contribution in [0.1, 0.15) is 161 Å². The molecule has 6 heteroatoms. The first-order valence-corrected chi connectivity index (χ1v) is 19.5. The van der Waals surface area contributed by atoms with Gasteiger partial charge in [0.1, 0.15) is 10.1 Å². The SMILES string of the molecule is CCCCCCCCCCCC[N+](C)(CCCCCl)CCCCCCCCCCCC.Cc1ccc(S(=O)(=O)[O-])cc1. The van der Waals surface area contributed by atoms with E-state index < -0.39 is 10.1 Å². The van der Waals surface area contributed by atoms with Crippen molar-refractivity contribution in [2.75, 3.05) is 32.6 Å². The Hall–Kier alpha value is -0.620. The van der Waals surface area contributed by atoms with Crippen LogP contribution in [0.2, 0.25) is 0 Å². The van der Waals surface area contributed by atoms with Crippen LogP contribution >= 0.6 is 11.6 Å². The van der Waals surface area contributed by atoms with Gasteiger partial charge in [-0.3, -0.25) is 0 Å². The lowest BCUT2D eigenvalue weighted by molar-refractivity contribution is -0.910. The number of hydrogen-bond acceptors (Lipinski definition) is 3. The number of quaternary nitrogens is 1. The highest BCUT2D eigenvalue weighted by atomic mass is 35.5. The van der Waals surface area contributed by atoms with Crippen LogP contribution in [0.3, 0.4) is 0 Å². The molecule has 0 spiro atoms. The first-order chi connectivity index (χ1) is 20.2. The van der Waals surface area contributed by atoms with E-state index in [2.05, 4.69) is 20.9 Å². The molecule has 0 radical (unpaired) electrons. The zero-order valence-electron chi connectivity index (χ0n) is 28.2. The molecule has 0 amide bonds. The summed E-state index contributed by atoms with van der Waals surface area (Å²) < 4.78 is 32.5. The predicted molar refractivity (Wildman–Crippen MR) is 184 cm³/mol. The molecule has 0 N–H and O–H groups in total. The number of alkyl halides is 1. The molecule has 0 aliphatic rings. The maximum absolute atomic E-state index is 10.4. The molecular formula is C36H68ClNO3S. The maximum Gasteiger partial charge on any atom is 0.124 e. The molecule has 0 bridgehead atoms. The summed E-state index contributed by atoms with van der Waals surface area (Å²) in [6.07, 6.45) is 31.3. The van der Waals surface area contributed by atoms with Crippen LogP contribution in [0.5, 0.6) is 0 Å². The number of benzene rings is 1. The smallest absolute Gasteiger partial charge is 0.124 e. The summed E-state index contributed by atoms with van der Waals surface area (Å²) in [5.74, 6) is 0.830. The lowest BCUT2D eigenvalue weighted by atomic mass is 10.1. The molecule has 0 fully saturated rings. The molecule has 0 heterocycles. The van der Waals surface area contributed by atoms with Gasteiger partial charge >= 0.3 is 0 Å². The standard InChI is InChI=1S/C29H61ClN.C7H8O3S/c1-4-6-8-10-12-14-16-18-20-23-27-31(3,29-25-22-26-30)28-24-21-19-17-15-13-11-9-7-5-2;1-6-2-4-7(5-3-6)11(8,9)10/h4-29H2,1-3H3;2-5H,1H3,(H,8,9,10)/q+1;/p-1. The molecule has 4 nitrogen and oxygen atoms in total. The fraction of sp³-hybridized carbons (Fsp3) is 0.833. The van der Waals surface area contributed by atoms with Crippen LogP contribution in [0.25, 0.3) is 0 Å². The molecule has 0 saturated carbocycles. The number of hydrogen-bond donors (Lipinski definition) is 0. The second-order valence-corrected chi connectivity index (χ2v) is 14.6. The van der Waals surface area contributed by atoms with Crippen molar-refractivity contribution < 1.29 is 17.5 Å².